The first-order valence-electron chi connectivity index (χ1n) is 4.85. The first-order chi connectivity index (χ1) is 7.29. The van der Waals surface area contributed by atoms with Crippen LogP contribution in [-0.2, 0) is 19.4 Å². The minimum absolute atomic E-state index is 0.0497. The number of morpholine rings is 1. The van der Waals surface area contributed by atoms with E-state index < -0.39 is 29.4 Å². The molecule has 0 aromatic heterocycles. The third kappa shape index (κ3) is 5.93. The molecule has 16 heavy (non-hydrogen) atoms. The molecule has 1 unspecified atom stereocenters. The van der Waals surface area contributed by atoms with Crippen LogP contribution in [0, 0.1) is 0 Å². The van der Waals surface area contributed by atoms with Gasteiger partial charge < -0.3 is 9.63 Å². The van der Waals surface area contributed by atoms with Crippen molar-refractivity contribution in [1.82, 2.24) is 4.90 Å². The lowest BCUT2D eigenvalue weighted by Crippen LogP contribution is -2.37. The number of hydrogen-bond donors (Lipinski definition) is 2. The summed E-state index contributed by atoms with van der Waals surface area (Å²) in [7, 11) is -7.70. The summed E-state index contributed by atoms with van der Waals surface area (Å²) in [6, 6.07) is 0. The highest BCUT2D eigenvalue weighted by atomic mass is 32.2. The predicted octanol–water partition coefficient (Wildman–Crippen LogP) is -0.566. The van der Waals surface area contributed by atoms with Gasteiger partial charge in [-0.2, -0.15) is 8.42 Å². The Balaban J connectivity index is 2.41. The Hall–Kier alpha value is 0.0200. The maximum absolute atomic E-state index is 11.6. The summed E-state index contributed by atoms with van der Waals surface area (Å²) in [5.41, 5.74) is 0. The Labute approximate surface area is 94.6 Å². The first-order valence-corrected chi connectivity index (χ1v) is 8.48. The van der Waals surface area contributed by atoms with Gasteiger partial charge in [-0.05, 0) is 0 Å². The lowest BCUT2D eigenvalue weighted by Gasteiger charge is -2.28. The molecule has 9 heteroatoms. The summed E-state index contributed by atoms with van der Waals surface area (Å²) in [4.78, 5) is 11.3. The van der Waals surface area contributed by atoms with Crippen LogP contribution in [0.2, 0.25) is 0 Å². The van der Waals surface area contributed by atoms with Crippen LogP contribution in [0.3, 0.4) is 0 Å². The van der Waals surface area contributed by atoms with E-state index in [4.69, 9.17) is 9.29 Å². The molecule has 0 amide bonds. The number of rotatable bonds is 5. The Morgan fingerprint density at radius 2 is 1.88 bits per heavy atom. The first kappa shape index (κ1) is 14.1. The van der Waals surface area contributed by atoms with Gasteiger partial charge in [0.15, 0.2) is 0 Å². The quantitative estimate of drug-likeness (QED) is 0.510. The monoisotopic (exact) mass is 273 g/mol. The maximum atomic E-state index is 11.6. The molecule has 2 N–H and O–H groups in total. The molecule has 7 nitrogen and oxygen atoms in total. The van der Waals surface area contributed by atoms with Gasteiger partial charge >= 0.3 is 0 Å². The van der Waals surface area contributed by atoms with Gasteiger partial charge in [-0.25, -0.2) is 0 Å². The van der Waals surface area contributed by atoms with Crippen LogP contribution in [0.5, 0.6) is 0 Å². The minimum Gasteiger partial charge on any atom is -0.379 e. The molecule has 0 aliphatic carbocycles. The van der Waals surface area contributed by atoms with E-state index in [0.29, 0.717) is 26.3 Å². The zero-order chi connectivity index (χ0) is 12.2. The Morgan fingerprint density at radius 3 is 2.38 bits per heavy atom. The molecule has 0 aromatic carbocycles. The van der Waals surface area contributed by atoms with Crippen molar-refractivity contribution < 1.29 is 27.2 Å². The van der Waals surface area contributed by atoms with Crippen LogP contribution in [0.4, 0.5) is 0 Å². The molecule has 1 rings (SSSR count). The van der Waals surface area contributed by atoms with Gasteiger partial charge in [-0.1, -0.05) is 0 Å². The Kier molecular flexibility index (Phi) is 4.90. The van der Waals surface area contributed by atoms with E-state index in [1.54, 1.807) is 4.90 Å². The molecule has 0 radical (unpaired) electrons. The summed E-state index contributed by atoms with van der Waals surface area (Å²) in [6.45, 7) is 2.16. The van der Waals surface area contributed by atoms with Crippen molar-refractivity contribution in [2.24, 2.45) is 0 Å². The lowest BCUT2D eigenvalue weighted by atomic mass is 10.5. The Bertz CT molecular complexity index is 363. The molecule has 0 bridgehead atoms. The highest BCUT2D eigenvalue weighted by molar-refractivity contribution is 7.86. The molecule has 0 spiro atoms. The van der Waals surface area contributed by atoms with E-state index >= 15 is 0 Å². The van der Waals surface area contributed by atoms with Crippen LogP contribution in [0.15, 0.2) is 0 Å². The third-order valence-corrected chi connectivity index (χ3v) is 5.01. The van der Waals surface area contributed by atoms with Crippen LogP contribution in [0.25, 0.3) is 0 Å². The van der Waals surface area contributed by atoms with Gasteiger partial charge in [0.05, 0.1) is 25.3 Å². The van der Waals surface area contributed by atoms with Gasteiger partial charge in [0.2, 0.25) is 7.37 Å². The van der Waals surface area contributed by atoms with Gasteiger partial charge in [-0.15, -0.1) is 0 Å². The molecule has 0 saturated carbocycles. The highest BCUT2D eigenvalue weighted by Crippen LogP contribution is 2.40. The molecule has 96 valence electrons. The molecule has 1 fully saturated rings. The van der Waals surface area contributed by atoms with Crippen LogP contribution < -0.4 is 0 Å². The zero-order valence-electron chi connectivity index (χ0n) is 8.78. The van der Waals surface area contributed by atoms with Crippen molar-refractivity contribution in [2.75, 3.05) is 44.5 Å². The van der Waals surface area contributed by atoms with E-state index in [1.165, 1.54) is 0 Å². The number of ether oxygens (including phenoxy) is 1. The lowest BCUT2D eigenvalue weighted by molar-refractivity contribution is 0.0454. The molecule has 1 aliphatic heterocycles. The van der Waals surface area contributed by atoms with E-state index in [0.717, 1.165) is 0 Å². The summed E-state index contributed by atoms with van der Waals surface area (Å²) in [5, 5.41) is 0. The molecule has 1 saturated heterocycles. The molecule has 0 aromatic rings. The van der Waals surface area contributed by atoms with Crippen LogP contribution in [0.1, 0.15) is 0 Å². The second-order valence-corrected chi connectivity index (χ2v) is 7.72. The fourth-order valence-corrected chi connectivity index (χ4v) is 4.50. The van der Waals surface area contributed by atoms with Crippen molar-refractivity contribution in [3.63, 3.8) is 0 Å². The van der Waals surface area contributed by atoms with E-state index in [1.807, 2.05) is 0 Å². The number of hydrogen-bond acceptors (Lipinski definition) is 5. The fourth-order valence-electron chi connectivity index (χ4n) is 1.38. The smallest absolute Gasteiger partial charge is 0.265 e. The standard InChI is InChI=1S/C7H16NO6PS/c9-15(10,5-6-16(11,12)13)7-8-1-3-14-4-2-8/h1-7H2,(H,9,10)(H,11,12,13). The van der Waals surface area contributed by atoms with Crippen LogP contribution >= 0.6 is 7.37 Å². The maximum Gasteiger partial charge on any atom is 0.265 e. The van der Waals surface area contributed by atoms with Crippen molar-refractivity contribution >= 4 is 17.5 Å². The highest BCUT2D eigenvalue weighted by Gasteiger charge is 2.25. The van der Waals surface area contributed by atoms with Gasteiger partial charge in [-0.3, -0.25) is 14.0 Å². The van der Waals surface area contributed by atoms with Crippen molar-refractivity contribution in [2.45, 2.75) is 0 Å². The molecule has 1 aliphatic rings. The molecular weight excluding hydrogens is 257 g/mol. The topological polar surface area (TPSA) is 104 Å². The predicted molar refractivity (Wildman–Crippen MR) is 58.4 cm³/mol. The van der Waals surface area contributed by atoms with Gasteiger partial charge in [0.25, 0.3) is 10.1 Å². The van der Waals surface area contributed by atoms with Crippen molar-refractivity contribution in [3.8, 4) is 0 Å². The normalized spacial score (nSPS) is 22.9. The third-order valence-electron chi connectivity index (χ3n) is 2.22. The SMILES string of the molecule is O=P(O)(CCS(=O)(=O)O)CN1CCOCC1. The molecule has 1 heterocycles. The van der Waals surface area contributed by atoms with Crippen LogP contribution in [-0.4, -0.2) is 67.3 Å². The summed E-state index contributed by atoms with van der Waals surface area (Å²) >= 11 is 0. The average Bonchev–Trinajstić information content (AvgIpc) is 2.15. The summed E-state index contributed by atoms with van der Waals surface area (Å²) < 4.78 is 46.1. The fraction of sp³-hybridized carbons (Fsp3) is 1.00. The van der Waals surface area contributed by atoms with Crippen molar-refractivity contribution in [1.29, 1.82) is 0 Å². The van der Waals surface area contributed by atoms with Crippen molar-refractivity contribution in [3.05, 3.63) is 0 Å². The van der Waals surface area contributed by atoms with E-state index in [9.17, 15) is 17.9 Å². The largest absolute Gasteiger partial charge is 0.379 e. The summed E-state index contributed by atoms with van der Waals surface area (Å²) in [6.07, 6.45) is -0.463. The van der Waals surface area contributed by atoms with E-state index in [-0.39, 0.29) is 6.29 Å². The Morgan fingerprint density at radius 1 is 1.31 bits per heavy atom. The second-order valence-electron chi connectivity index (χ2n) is 3.73. The second kappa shape index (κ2) is 5.57. The van der Waals surface area contributed by atoms with Gasteiger partial charge in [0, 0.05) is 19.3 Å². The summed E-state index contributed by atoms with van der Waals surface area (Å²) in [5.74, 6) is -0.675. The number of nitrogens with zero attached hydrogens (tertiary/aromatic N) is 1. The minimum atomic E-state index is -4.17. The van der Waals surface area contributed by atoms with Gasteiger partial charge in [0.1, 0.15) is 0 Å². The molecular formula is C7H16NO6PS. The average molecular weight is 273 g/mol. The van der Waals surface area contributed by atoms with E-state index in [2.05, 4.69) is 0 Å². The zero-order valence-corrected chi connectivity index (χ0v) is 10.5. The molecule has 1 atom stereocenters.